The molecule has 0 aromatic rings. The number of hydrogen-bond donors (Lipinski definition) is 2. The van der Waals surface area contributed by atoms with Crippen molar-refractivity contribution in [1.82, 2.24) is 15.5 Å². The van der Waals surface area contributed by atoms with Crippen LogP contribution in [0.15, 0.2) is 0 Å². The summed E-state index contributed by atoms with van der Waals surface area (Å²) in [6.07, 6.45) is 1.99. The van der Waals surface area contributed by atoms with Gasteiger partial charge in [-0.2, -0.15) is 0 Å². The molecule has 0 radical (unpaired) electrons. The molecule has 112 valence electrons. The van der Waals surface area contributed by atoms with Crippen molar-refractivity contribution >= 4 is 5.91 Å². The summed E-state index contributed by atoms with van der Waals surface area (Å²) in [7, 11) is 0. The molecule has 1 aliphatic rings. The van der Waals surface area contributed by atoms with E-state index in [-0.39, 0.29) is 11.3 Å². The highest BCUT2D eigenvalue weighted by atomic mass is 16.2. The van der Waals surface area contributed by atoms with Crippen LogP contribution in [0.4, 0.5) is 0 Å². The third-order valence-corrected chi connectivity index (χ3v) is 3.68. The van der Waals surface area contributed by atoms with Crippen LogP contribution in [0.3, 0.4) is 0 Å². The molecule has 0 aromatic heterocycles. The van der Waals surface area contributed by atoms with Gasteiger partial charge in [-0.1, -0.05) is 27.7 Å². The number of rotatable bonds is 7. The number of amides is 1. The molecule has 0 aromatic carbocycles. The summed E-state index contributed by atoms with van der Waals surface area (Å²) in [6.45, 7) is 14.7. The molecule has 1 saturated heterocycles. The van der Waals surface area contributed by atoms with Gasteiger partial charge in [0.05, 0.1) is 0 Å². The van der Waals surface area contributed by atoms with E-state index in [4.69, 9.17) is 0 Å². The maximum absolute atomic E-state index is 12.1. The summed E-state index contributed by atoms with van der Waals surface area (Å²) in [5, 5.41) is 6.44. The minimum absolute atomic E-state index is 0.196. The monoisotopic (exact) mass is 269 g/mol. The summed E-state index contributed by atoms with van der Waals surface area (Å²) in [6, 6.07) is 0. The lowest BCUT2D eigenvalue weighted by molar-refractivity contribution is -0.130. The summed E-state index contributed by atoms with van der Waals surface area (Å²) in [5.41, 5.74) is -0.247. The van der Waals surface area contributed by atoms with Crippen molar-refractivity contribution in [2.45, 2.75) is 40.5 Å². The molecular weight excluding hydrogens is 238 g/mol. The zero-order chi connectivity index (χ0) is 14.3. The largest absolute Gasteiger partial charge is 0.356 e. The molecule has 4 heteroatoms. The summed E-state index contributed by atoms with van der Waals surface area (Å²) < 4.78 is 0. The number of carbonyl (C=O) groups excluding carboxylic acids is 1. The van der Waals surface area contributed by atoms with E-state index in [2.05, 4.69) is 29.4 Å². The highest BCUT2D eigenvalue weighted by Crippen LogP contribution is 2.25. The molecule has 1 rings (SSSR count). The van der Waals surface area contributed by atoms with Gasteiger partial charge in [0.15, 0.2) is 0 Å². The van der Waals surface area contributed by atoms with Crippen molar-refractivity contribution in [2.24, 2.45) is 11.3 Å². The van der Waals surface area contributed by atoms with Gasteiger partial charge in [0.25, 0.3) is 0 Å². The van der Waals surface area contributed by atoms with E-state index in [0.717, 1.165) is 52.1 Å². The topological polar surface area (TPSA) is 44.4 Å². The molecule has 0 atom stereocenters. The highest BCUT2D eigenvalue weighted by Gasteiger charge is 2.27. The first-order chi connectivity index (χ1) is 8.92. The maximum atomic E-state index is 12.1. The predicted octanol–water partition coefficient (Wildman–Crippen LogP) is 1.47. The molecule has 0 aliphatic carbocycles. The van der Waals surface area contributed by atoms with Gasteiger partial charge in [0, 0.05) is 38.1 Å². The normalized spacial score (nSPS) is 17.7. The van der Waals surface area contributed by atoms with E-state index in [1.165, 1.54) is 0 Å². The Kier molecular flexibility index (Phi) is 6.80. The first-order valence-corrected chi connectivity index (χ1v) is 7.63. The second-order valence-electron chi connectivity index (χ2n) is 6.68. The van der Waals surface area contributed by atoms with Gasteiger partial charge in [-0.3, -0.25) is 4.79 Å². The molecule has 2 N–H and O–H groups in total. The molecule has 0 bridgehead atoms. The van der Waals surface area contributed by atoms with E-state index < -0.39 is 0 Å². The molecule has 1 aliphatic heterocycles. The SMILES string of the molecule is CC(C)CC(C)(C)C(=O)NCCCN1CCNCC1. The summed E-state index contributed by atoms with van der Waals surface area (Å²) in [5.74, 6) is 0.753. The fraction of sp³-hybridized carbons (Fsp3) is 0.933. The Morgan fingerprint density at radius 1 is 1.32 bits per heavy atom. The zero-order valence-electron chi connectivity index (χ0n) is 13.1. The number of carbonyl (C=O) groups is 1. The van der Waals surface area contributed by atoms with Gasteiger partial charge >= 0.3 is 0 Å². The fourth-order valence-electron chi connectivity index (χ4n) is 2.79. The number of piperazine rings is 1. The molecule has 1 fully saturated rings. The first-order valence-electron chi connectivity index (χ1n) is 7.63. The molecule has 0 saturated carbocycles. The van der Waals surface area contributed by atoms with Crippen molar-refractivity contribution in [3.63, 3.8) is 0 Å². The van der Waals surface area contributed by atoms with Crippen LogP contribution in [-0.4, -0.2) is 50.1 Å². The van der Waals surface area contributed by atoms with Crippen molar-refractivity contribution in [1.29, 1.82) is 0 Å². The molecular formula is C15H31N3O. The van der Waals surface area contributed by atoms with Crippen LogP contribution in [0.5, 0.6) is 0 Å². The van der Waals surface area contributed by atoms with Crippen molar-refractivity contribution in [2.75, 3.05) is 39.3 Å². The average Bonchev–Trinajstić information content (AvgIpc) is 2.34. The number of nitrogens with one attached hydrogen (secondary N) is 2. The van der Waals surface area contributed by atoms with Crippen LogP contribution in [0.1, 0.15) is 40.5 Å². The first kappa shape index (κ1) is 16.4. The third-order valence-electron chi connectivity index (χ3n) is 3.68. The van der Waals surface area contributed by atoms with Crippen LogP contribution < -0.4 is 10.6 Å². The van der Waals surface area contributed by atoms with Gasteiger partial charge < -0.3 is 15.5 Å². The van der Waals surface area contributed by atoms with E-state index >= 15 is 0 Å². The number of nitrogens with zero attached hydrogens (tertiary/aromatic N) is 1. The Bertz CT molecular complexity index is 271. The lowest BCUT2D eigenvalue weighted by Gasteiger charge is -2.28. The van der Waals surface area contributed by atoms with Crippen molar-refractivity contribution < 1.29 is 4.79 Å². The molecule has 4 nitrogen and oxygen atoms in total. The Balaban J connectivity index is 2.15. The van der Waals surface area contributed by atoms with E-state index in [9.17, 15) is 4.79 Å². The second-order valence-corrected chi connectivity index (χ2v) is 6.68. The Morgan fingerprint density at radius 3 is 2.53 bits per heavy atom. The Hall–Kier alpha value is -0.610. The van der Waals surface area contributed by atoms with E-state index in [1.807, 2.05) is 13.8 Å². The Labute approximate surface area is 118 Å². The van der Waals surface area contributed by atoms with Crippen molar-refractivity contribution in [3.8, 4) is 0 Å². The molecule has 1 amide bonds. The fourth-order valence-corrected chi connectivity index (χ4v) is 2.79. The van der Waals surface area contributed by atoms with Gasteiger partial charge in [-0.05, 0) is 25.3 Å². The van der Waals surface area contributed by atoms with Crippen LogP contribution in [0, 0.1) is 11.3 Å². The van der Waals surface area contributed by atoms with Crippen LogP contribution in [0.25, 0.3) is 0 Å². The van der Waals surface area contributed by atoms with Crippen LogP contribution in [-0.2, 0) is 4.79 Å². The lowest BCUT2D eigenvalue weighted by Crippen LogP contribution is -2.44. The van der Waals surface area contributed by atoms with Crippen LogP contribution in [0.2, 0.25) is 0 Å². The van der Waals surface area contributed by atoms with Gasteiger partial charge in [-0.25, -0.2) is 0 Å². The van der Waals surface area contributed by atoms with Gasteiger partial charge in [0.1, 0.15) is 0 Å². The minimum atomic E-state index is -0.247. The third kappa shape index (κ3) is 6.39. The Morgan fingerprint density at radius 2 is 1.95 bits per heavy atom. The lowest BCUT2D eigenvalue weighted by atomic mass is 9.83. The van der Waals surface area contributed by atoms with Gasteiger partial charge in [0.2, 0.25) is 5.91 Å². The van der Waals surface area contributed by atoms with Crippen LogP contribution >= 0.6 is 0 Å². The molecule has 0 spiro atoms. The average molecular weight is 269 g/mol. The molecule has 19 heavy (non-hydrogen) atoms. The van der Waals surface area contributed by atoms with E-state index in [0.29, 0.717) is 5.92 Å². The quantitative estimate of drug-likeness (QED) is 0.688. The van der Waals surface area contributed by atoms with E-state index in [1.54, 1.807) is 0 Å². The standard InChI is InChI=1S/C15H31N3O/c1-13(2)12-15(3,4)14(19)17-6-5-9-18-10-7-16-8-11-18/h13,16H,5-12H2,1-4H3,(H,17,19). The zero-order valence-corrected chi connectivity index (χ0v) is 13.1. The van der Waals surface area contributed by atoms with Gasteiger partial charge in [-0.15, -0.1) is 0 Å². The minimum Gasteiger partial charge on any atom is -0.356 e. The maximum Gasteiger partial charge on any atom is 0.225 e. The molecule has 1 heterocycles. The predicted molar refractivity (Wildman–Crippen MR) is 80.2 cm³/mol. The molecule has 0 unspecified atom stereocenters. The smallest absolute Gasteiger partial charge is 0.225 e. The summed E-state index contributed by atoms with van der Waals surface area (Å²) >= 11 is 0. The van der Waals surface area contributed by atoms with Crippen molar-refractivity contribution in [3.05, 3.63) is 0 Å². The second kappa shape index (κ2) is 7.85. The highest BCUT2D eigenvalue weighted by molar-refractivity contribution is 5.81. The number of hydrogen-bond acceptors (Lipinski definition) is 3. The summed E-state index contributed by atoms with van der Waals surface area (Å²) in [4.78, 5) is 14.6.